The molecule has 2 rings (SSSR count). The predicted molar refractivity (Wildman–Crippen MR) is 68.8 cm³/mol. The van der Waals surface area contributed by atoms with Gasteiger partial charge in [-0.2, -0.15) is 18.4 Å². The SMILES string of the molecule is N#Cc1cc(N2CCC(C(F)(F)F)CC2)ccc1[N+](=O)[O-]. The van der Waals surface area contributed by atoms with Gasteiger partial charge in [0.25, 0.3) is 5.69 Å². The third kappa shape index (κ3) is 3.24. The van der Waals surface area contributed by atoms with Crippen molar-refractivity contribution in [2.75, 3.05) is 18.0 Å². The molecule has 21 heavy (non-hydrogen) atoms. The second-order valence-electron chi connectivity index (χ2n) is 4.87. The molecule has 1 aliphatic rings. The summed E-state index contributed by atoms with van der Waals surface area (Å²) in [5.41, 5.74) is 0.152. The van der Waals surface area contributed by atoms with Gasteiger partial charge in [-0.15, -0.1) is 0 Å². The lowest BCUT2D eigenvalue weighted by Gasteiger charge is -2.34. The average Bonchev–Trinajstić information content (AvgIpc) is 2.45. The normalized spacial score (nSPS) is 16.6. The Bertz CT molecular complexity index is 587. The van der Waals surface area contributed by atoms with Gasteiger partial charge in [0.1, 0.15) is 11.6 Å². The Labute approximate surface area is 118 Å². The number of nitrogens with zero attached hydrogens (tertiary/aromatic N) is 3. The van der Waals surface area contributed by atoms with Gasteiger partial charge < -0.3 is 4.90 Å². The van der Waals surface area contributed by atoms with Crippen molar-refractivity contribution in [3.05, 3.63) is 33.9 Å². The number of benzene rings is 1. The van der Waals surface area contributed by atoms with Crippen LogP contribution in [-0.4, -0.2) is 24.2 Å². The molecular formula is C13H12F3N3O2. The van der Waals surface area contributed by atoms with Crippen molar-refractivity contribution in [3.8, 4) is 6.07 Å². The van der Waals surface area contributed by atoms with E-state index in [1.54, 1.807) is 11.0 Å². The second kappa shape index (κ2) is 5.60. The molecule has 1 aromatic carbocycles. The fourth-order valence-corrected chi connectivity index (χ4v) is 2.43. The molecule has 1 aromatic rings. The number of rotatable bonds is 2. The number of nitriles is 1. The van der Waals surface area contributed by atoms with E-state index >= 15 is 0 Å². The van der Waals surface area contributed by atoms with Crippen LogP contribution in [0.1, 0.15) is 18.4 Å². The highest BCUT2D eigenvalue weighted by Gasteiger charge is 2.41. The van der Waals surface area contributed by atoms with Crippen LogP contribution in [-0.2, 0) is 0 Å². The first-order valence-corrected chi connectivity index (χ1v) is 6.33. The molecule has 1 aliphatic heterocycles. The molecule has 0 N–H and O–H groups in total. The fraction of sp³-hybridized carbons (Fsp3) is 0.462. The Balaban J connectivity index is 2.15. The molecule has 8 heteroatoms. The molecule has 0 unspecified atom stereocenters. The summed E-state index contributed by atoms with van der Waals surface area (Å²) in [5.74, 6) is -1.30. The van der Waals surface area contributed by atoms with Gasteiger partial charge >= 0.3 is 6.18 Å². The third-order valence-corrected chi connectivity index (χ3v) is 3.62. The largest absolute Gasteiger partial charge is 0.391 e. The summed E-state index contributed by atoms with van der Waals surface area (Å²) >= 11 is 0. The van der Waals surface area contributed by atoms with Gasteiger partial charge in [-0.3, -0.25) is 10.1 Å². The molecular weight excluding hydrogens is 287 g/mol. The first-order valence-electron chi connectivity index (χ1n) is 6.33. The van der Waals surface area contributed by atoms with Gasteiger partial charge in [0, 0.05) is 24.8 Å². The molecule has 5 nitrogen and oxygen atoms in total. The lowest BCUT2D eigenvalue weighted by atomic mass is 9.96. The first-order chi connectivity index (χ1) is 9.82. The van der Waals surface area contributed by atoms with Crippen LogP contribution < -0.4 is 4.90 Å². The van der Waals surface area contributed by atoms with Gasteiger partial charge in [0.05, 0.1) is 10.8 Å². The van der Waals surface area contributed by atoms with Crippen molar-refractivity contribution < 1.29 is 18.1 Å². The first kappa shape index (κ1) is 15.1. The van der Waals surface area contributed by atoms with Crippen LogP contribution in [0.5, 0.6) is 0 Å². The van der Waals surface area contributed by atoms with Crippen LogP contribution in [0.15, 0.2) is 18.2 Å². The predicted octanol–water partition coefficient (Wildman–Crippen LogP) is 3.25. The van der Waals surface area contributed by atoms with Crippen LogP contribution in [0.4, 0.5) is 24.5 Å². The highest BCUT2D eigenvalue weighted by molar-refractivity contribution is 5.60. The zero-order valence-electron chi connectivity index (χ0n) is 10.9. The maximum Gasteiger partial charge on any atom is 0.391 e. The summed E-state index contributed by atoms with van der Waals surface area (Å²) < 4.78 is 37.8. The molecule has 0 aromatic heterocycles. The van der Waals surface area contributed by atoms with Crippen molar-refractivity contribution >= 4 is 11.4 Å². The molecule has 1 saturated heterocycles. The minimum Gasteiger partial charge on any atom is -0.371 e. The average molecular weight is 299 g/mol. The van der Waals surface area contributed by atoms with Crippen molar-refractivity contribution in [1.29, 1.82) is 5.26 Å². The molecule has 0 atom stereocenters. The quantitative estimate of drug-likeness (QED) is 0.621. The third-order valence-electron chi connectivity index (χ3n) is 3.62. The highest BCUT2D eigenvalue weighted by Crippen LogP contribution is 2.36. The van der Waals surface area contributed by atoms with Crippen molar-refractivity contribution in [2.24, 2.45) is 5.92 Å². The Kier molecular flexibility index (Phi) is 4.02. The molecule has 1 fully saturated rings. The number of nitro groups is 1. The van der Waals surface area contributed by atoms with Crippen LogP contribution >= 0.6 is 0 Å². The summed E-state index contributed by atoms with van der Waals surface area (Å²) in [6.45, 7) is 0.430. The second-order valence-corrected chi connectivity index (χ2v) is 4.87. The number of hydrogen-bond donors (Lipinski definition) is 0. The van der Waals surface area contributed by atoms with Gasteiger partial charge in [-0.25, -0.2) is 0 Å². The summed E-state index contributed by atoms with van der Waals surface area (Å²) in [5, 5.41) is 19.7. The molecule has 0 radical (unpaired) electrons. The van der Waals surface area contributed by atoms with Crippen molar-refractivity contribution in [2.45, 2.75) is 19.0 Å². The van der Waals surface area contributed by atoms with E-state index in [0.29, 0.717) is 5.69 Å². The number of hydrogen-bond acceptors (Lipinski definition) is 4. The number of halogens is 3. The summed E-state index contributed by atoms with van der Waals surface area (Å²) in [7, 11) is 0. The van der Waals surface area contributed by atoms with Crippen LogP contribution in [0.3, 0.4) is 0 Å². The minimum absolute atomic E-state index is 0.0115. The molecule has 0 amide bonds. The molecule has 0 aliphatic carbocycles. The lowest BCUT2D eigenvalue weighted by Crippen LogP contribution is -2.39. The van der Waals surface area contributed by atoms with Crippen LogP contribution in [0.2, 0.25) is 0 Å². The van der Waals surface area contributed by atoms with Crippen LogP contribution in [0.25, 0.3) is 0 Å². The lowest BCUT2D eigenvalue weighted by molar-refractivity contribution is -0.385. The van der Waals surface area contributed by atoms with E-state index in [0.717, 1.165) is 0 Å². The van der Waals surface area contributed by atoms with E-state index in [-0.39, 0.29) is 37.2 Å². The standard InChI is InChI=1S/C13H12F3N3O2/c14-13(15,16)10-3-5-18(6-4-10)11-1-2-12(19(20)21)9(7-11)8-17/h1-2,7,10H,3-6H2. The highest BCUT2D eigenvalue weighted by atomic mass is 19.4. The fourth-order valence-electron chi connectivity index (χ4n) is 2.43. The van der Waals surface area contributed by atoms with E-state index in [9.17, 15) is 23.3 Å². The Hall–Kier alpha value is -2.30. The molecule has 0 saturated carbocycles. The molecule has 1 heterocycles. The van der Waals surface area contributed by atoms with E-state index < -0.39 is 17.0 Å². The monoisotopic (exact) mass is 299 g/mol. The zero-order chi connectivity index (χ0) is 15.6. The molecule has 0 spiro atoms. The van der Waals surface area contributed by atoms with Gasteiger partial charge in [0.15, 0.2) is 0 Å². The van der Waals surface area contributed by atoms with Crippen molar-refractivity contribution in [3.63, 3.8) is 0 Å². The van der Waals surface area contributed by atoms with Gasteiger partial charge in [-0.05, 0) is 25.0 Å². The maximum atomic E-state index is 12.6. The summed E-state index contributed by atoms with van der Waals surface area (Å²) in [6, 6.07) is 5.77. The topological polar surface area (TPSA) is 70.2 Å². The maximum absolute atomic E-state index is 12.6. The number of anilines is 1. The Morgan fingerprint density at radius 1 is 1.33 bits per heavy atom. The Morgan fingerprint density at radius 2 is 1.95 bits per heavy atom. The van der Waals surface area contributed by atoms with E-state index in [1.165, 1.54) is 18.2 Å². The zero-order valence-corrected chi connectivity index (χ0v) is 10.9. The van der Waals surface area contributed by atoms with Crippen LogP contribution in [0, 0.1) is 27.4 Å². The Morgan fingerprint density at radius 3 is 2.43 bits per heavy atom. The van der Waals surface area contributed by atoms with Crippen molar-refractivity contribution in [1.82, 2.24) is 0 Å². The van der Waals surface area contributed by atoms with Gasteiger partial charge in [0.2, 0.25) is 0 Å². The number of nitro benzene ring substituents is 1. The number of alkyl halides is 3. The molecule has 112 valence electrons. The van der Waals surface area contributed by atoms with E-state index in [1.807, 2.05) is 0 Å². The summed E-state index contributed by atoms with van der Waals surface area (Å²) in [4.78, 5) is 11.8. The van der Waals surface area contributed by atoms with Gasteiger partial charge in [-0.1, -0.05) is 0 Å². The smallest absolute Gasteiger partial charge is 0.371 e. The summed E-state index contributed by atoms with van der Waals surface area (Å²) in [6.07, 6.45) is -4.20. The van der Waals surface area contributed by atoms with E-state index in [2.05, 4.69) is 0 Å². The number of piperidine rings is 1. The van der Waals surface area contributed by atoms with E-state index in [4.69, 9.17) is 5.26 Å². The molecule has 0 bridgehead atoms. The minimum atomic E-state index is -4.18.